The van der Waals surface area contributed by atoms with Gasteiger partial charge in [0.25, 0.3) is 0 Å². The number of hydrogen-bond acceptors (Lipinski definition) is 4. The number of rotatable bonds is 16. The summed E-state index contributed by atoms with van der Waals surface area (Å²) < 4.78 is 161. The van der Waals surface area contributed by atoms with Gasteiger partial charge >= 0.3 is 29.0 Å². The normalized spacial score (nSPS) is 10.9. The van der Waals surface area contributed by atoms with Gasteiger partial charge in [0, 0.05) is 101 Å². The van der Waals surface area contributed by atoms with Crippen molar-refractivity contribution in [2.24, 2.45) is 14.1 Å². The quantitative estimate of drug-likeness (QED) is 0.0413. The predicted octanol–water partition coefficient (Wildman–Crippen LogP) is 19.7. The second-order valence-electron chi connectivity index (χ2n) is 23.6. The summed E-state index contributed by atoms with van der Waals surface area (Å²) in [7, 11) is -22.3. The van der Waals surface area contributed by atoms with E-state index in [1.54, 1.807) is 33.4 Å². The van der Waals surface area contributed by atoms with Gasteiger partial charge < -0.3 is 69.1 Å². The van der Waals surface area contributed by atoms with Crippen LogP contribution in [0.25, 0.3) is 44.5 Å². The van der Waals surface area contributed by atoms with Crippen LogP contribution in [0.2, 0.25) is 0 Å². The molecule has 34 heteroatoms. The summed E-state index contributed by atoms with van der Waals surface area (Å²) in [5, 5.41) is 20.9. The molecule has 2 radical (unpaired) electrons. The van der Waals surface area contributed by atoms with E-state index >= 15 is 0 Å². The molecular weight excluding hydrogens is 1470 g/mol. The van der Waals surface area contributed by atoms with Crippen molar-refractivity contribution < 1.29 is 111 Å². The van der Waals surface area contributed by atoms with E-state index in [1.807, 2.05) is 0 Å². The standard InChI is InChI=1S/2C30H42NP2.2C2H3N.4BF4.2NO.2Ni/c2*1-21(2)32(22(3)4)29-16-12-10-14-27(29)25-18-26(20-31(9)19-25)28-15-11-13-17-30(28)33(23(5)6)24(7)8;2*1-2-3;4*2-1(3,4)5;2*1-2;;/h2*10-24H,1-9H3;2*1H3;;;;;;;;/q2*+1;;;4*-1;;;;/p+4. The van der Waals surface area contributed by atoms with Gasteiger partial charge in [-0.05, 0) is 147 Å². The maximum Gasteiger partial charge on any atom is 0.673 e. The van der Waals surface area contributed by atoms with Crippen LogP contribution in [0, 0.1) is 32.5 Å². The van der Waals surface area contributed by atoms with Gasteiger partial charge in [-0.15, -0.1) is 9.81 Å². The Morgan fingerprint density at radius 1 is 0.306 bits per heavy atom. The van der Waals surface area contributed by atoms with Gasteiger partial charge in [0.15, 0.2) is 24.8 Å². The first-order valence-corrected chi connectivity index (χ1v) is 37.0. The molecule has 4 aromatic carbocycles. The molecular formula is C64H94B4F16N6Ni2O2P4+2. The van der Waals surface area contributed by atoms with Gasteiger partial charge in [-0.2, -0.15) is 10.5 Å². The van der Waals surface area contributed by atoms with E-state index in [-0.39, 0.29) is 33.0 Å². The van der Waals surface area contributed by atoms with Gasteiger partial charge in [-0.3, -0.25) is 0 Å². The molecule has 0 aliphatic heterocycles. The Kier molecular flexibility index (Phi) is 55.5. The third-order valence-corrected chi connectivity index (χ3v) is 27.3. The monoisotopic (exact) mass is 1570 g/mol. The van der Waals surface area contributed by atoms with Crippen LogP contribution in [-0.2, 0) is 47.1 Å². The first-order valence-electron chi connectivity index (χ1n) is 30.4. The Hall–Kier alpha value is -4.79. The smallest absolute Gasteiger partial charge is 0.418 e. The largest absolute Gasteiger partial charge is 0.673 e. The predicted molar refractivity (Wildman–Crippen MR) is 384 cm³/mol. The Bertz CT molecular complexity index is 2790. The summed E-state index contributed by atoms with van der Waals surface area (Å²) in [6, 6.07) is 45.1. The Labute approximate surface area is 595 Å². The second-order valence-corrected chi connectivity index (χ2v) is 38.7. The molecule has 0 atom stereocenters. The minimum Gasteiger partial charge on any atom is -0.418 e. The summed E-state index contributed by atoms with van der Waals surface area (Å²) in [6.45, 7) is 41.3. The molecule has 0 saturated carbocycles. The zero-order valence-electron chi connectivity index (χ0n) is 58.8. The van der Waals surface area contributed by atoms with E-state index in [0.29, 0.717) is 45.3 Å². The van der Waals surface area contributed by atoms with Crippen LogP contribution < -0.4 is 41.5 Å². The fraction of sp³-hybridized carbons (Fsp3) is 0.438. The maximum absolute atomic E-state index is 9.75. The number of nitriles is 2. The van der Waals surface area contributed by atoms with Gasteiger partial charge in [-0.25, -0.2) is 9.13 Å². The SMILES string of the molecule is CC#N.CC#N.CC(C)[PH+](c1ccccc1-c1cc(-c2ccccc2[PH+](C(C)C)C(C)C)c[n+](C)c1)C(C)C.CC(C)[PH+](c1ccccc1-c1cc(-c2ccccc2[PH+](C(C)C)C(C)C)c[n+](C)c1)C(C)C.F[B-](F)(F)F.F[B-](F)(F)F.F[B-](F)(F)F.F[B-](F)(F)F.[N]=O.[N]=O.[Ni].[Ni]. The van der Waals surface area contributed by atoms with Crippen LogP contribution in [0.5, 0.6) is 0 Å². The minimum absolute atomic E-state index is 0. The number of nitroso groups, excluding NO2 is 2. The average Bonchev–Trinajstić information content (AvgIpc) is 3.42. The zero-order chi connectivity index (χ0) is 76.0. The number of pyridine rings is 2. The molecule has 6 aromatic rings. The van der Waals surface area contributed by atoms with Gasteiger partial charge in [0.05, 0.1) is 101 Å². The van der Waals surface area contributed by atoms with E-state index in [1.165, 1.54) is 58.4 Å². The number of aromatic nitrogens is 2. The van der Waals surface area contributed by atoms with Gasteiger partial charge in [0.1, 0.15) is 25.3 Å². The van der Waals surface area contributed by atoms with E-state index in [4.69, 9.17) is 31.5 Å². The molecule has 2 aromatic heterocycles. The number of benzene rings is 4. The molecule has 0 bridgehead atoms. The summed E-state index contributed by atoms with van der Waals surface area (Å²) in [5.74, 6) is 0. The molecule has 554 valence electrons. The molecule has 0 fully saturated rings. The fourth-order valence-electron chi connectivity index (χ4n) is 11.1. The van der Waals surface area contributed by atoms with Crippen molar-refractivity contribution >= 4 is 81.9 Å². The molecule has 6 rings (SSSR count). The molecule has 0 unspecified atom stereocenters. The van der Waals surface area contributed by atoms with E-state index < -0.39 is 60.7 Å². The molecule has 0 amide bonds. The fourth-order valence-corrected chi connectivity index (χ4v) is 24.7. The van der Waals surface area contributed by atoms with Crippen molar-refractivity contribution in [2.75, 3.05) is 0 Å². The maximum atomic E-state index is 9.75. The summed E-state index contributed by atoms with van der Waals surface area (Å²) in [6.07, 6.45) is 9.23. The number of hydrogen-bond donors (Lipinski definition) is 0. The van der Waals surface area contributed by atoms with Crippen LogP contribution in [0.1, 0.15) is 125 Å². The summed E-state index contributed by atoms with van der Waals surface area (Å²) >= 11 is 0. The molecule has 0 aliphatic rings. The third-order valence-electron chi connectivity index (χ3n) is 13.2. The van der Waals surface area contributed by atoms with Crippen LogP contribution in [0.4, 0.5) is 69.1 Å². The van der Waals surface area contributed by atoms with Crippen molar-refractivity contribution in [2.45, 2.75) is 170 Å². The Morgan fingerprint density at radius 2 is 0.418 bits per heavy atom. The molecule has 8 nitrogen and oxygen atoms in total. The van der Waals surface area contributed by atoms with Gasteiger partial charge in [-0.1, -0.05) is 72.8 Å². The first-order chi connectivity index (χ1) is 44.1. The zero-order valence-corrected chi connectivity index (χ0v) is 64.8. The van der Waals surface area contributed by atoms with Gasteiger partial charge in [0.2, 0.25) is 0 Å². The Morgan fingerprint density at radius 3 is 0.531 bits per heavy atom. The molecule has 0 N–H and O–H groups in total. The second kappa shape index (κ2) is 52.2. The summed E-state index contributed by atoms with van der Waals surface area (Å²) in [4.78, 5) is 14.5. The van der Waals surface area contributed by atoms with E-state index in [2.05, 4.69) is 268 Å². The van der Waals surface area contributed by atoms with Crippen molar-refractivity contribution in [3.63, 3.8) is 0 Å². The van der Waals surface area contributed by atoms with E-state index in [0.717, 1.165) is 0 Å². The minimum atomic E-state index is -6.00. The van der Waals surface area contributed by atoms with Crippen LogP contribution in [-0.4, -0.2) is 74.3 Å². The molecule has 98 heavy (non-hydrogen) atoms. The van der Waals surface area contributed by atoms with Crippen LogP contribution in [0.3, 0.4) is 0 Å². The van der Waals surface area contributed by atoms with E-state index in [9.17, 15) is 69.1 Å². The molecule has 2 heterocycles. The molecule has 0 spiro atoms. The molecule has 0 saturated heterocycles. The topological polar surface area (TPSA) is 134 Å². The van der Waals surface area contributed by atoms with Crippen molar-refractivity contribution in [1.82, 2.24) is 11.2 Å². The number of aryl methyl sites for hydroxylation is 2. The third kappa shape index (κ3) is 45.9. The van der Waals surface area contributed by atoms with Crippen molar-refractivity contribution in [3.8, 4) is 56.6 Å². The molecule has 0 aliphatic carbocycles. The number of nitrogens with zero attached hydrogens (tertiary/aromatic N) is 6. The van der Waals surface area contributed by atoms with Crippen LogP contribution >= 0.6 is 31.7 Å². The van der Waals surface area contributed by atoms with Crippen molar-refractivity contribution in [1.29, 1.82) is 10.5 Å². The first kappa shape index (κ1) is 104. The summed E-state index contributed by atoms with van der Waals surface area (Å²) in [5.41, 5.74) is 28.2. The van der Waals surface area contributed by atoms with Crippen molar-refractivity contribution in [3.05, 3.63) is 144 Å². The number of halogens is 16. The van der Waals surface area contributed by atoms with Crippen LogP contribution in [0.15, 0.2) is 134 Å². The Balaban J connectivity index is -0.000000302. The average molecular weight is 1570 g/mol.